The summed E-state index contributed by atoms with van der Waals surface area (Å²) in [5.74, 6) is -0.179. The Labute approximate surface area is 131 Å². The predicted octanol–water partition coefficient (Wildman–Crippen LogP) is 2.56. The Morgan fingerprint density at radius 3 is 2.55 bits per heavy atom. The van der Waals surface area contributed by atoms with E-state index in [0.717, 1.165) is 5.56 Å². The molecule has 5 nitrogen and oxygen atoms in total. The first-order valence-corrected chi connectivity index (χ1v) is 7.58. The third kappa shape index (κ3) is 4.23. The summed E-state index contributed by atoms with van der Waals surface area (Å²) < 4.78 is 5.26. The van der Waals surface area contributed by atoms with Crippen LogP contribution in [0.5, 0.6) is 0 Å². The average Bonchev–Trinajstić information content (AvgIpc) is 2.66. The molecule has 2 atom stereocenters. The van der Waals surface area contributed by atoms with E-state index in [2.05, 4.69) is 5.32 Å². The van der Waals surface area contributed by atoms with Gasteiger partial charge >= 0.3 is 6.09 Å². The van der Waals surface area contributed by atoms with Crippen LogP contribution >= 0.6 is 0 Å². The standard InChI is InChI=1S/C17H24N2O3/c1-12-14(18-16(21)22-17(2,3)4)11-19(15(12)20)10-13-8-6-5-7-9-13/h5-9,12,14H,10-11H2,1-4H3,(H,18,21)/t12-,14-/m0/s1. The molecule has 0 spiro atoms. The first kappa shape index (κ1) is 16.3. The third-order valence-electron chi connectivity index (χ3n) is 3.64. The van der Waals surface area contributed by atoms with E-state index in [-0.39, 0.29) is 17.9 Å². The molecule has 0 unspecified atom stereocenters. The minimum Gasteiger partial charge on any atom is -0.444 e. The van der Waals surface area contributed by atoms with E-state index in [1.54, 1.807) is 4.90 Å². The van der Waals surface area contributed by atoms with Gasteiger partial charge in [-0.2, -0.15) is 0 Å². The molecule has 120 valence electrons. The SMILES string of the molecule is C[C@@H]1C(=O)N(Cc2ccccc2)C[C@@H]1NC(=O)OC(C)(C)C. The summed E-state index contributed by atoms with van der Waals surface area (Å²) in [5.41, 5.74) is 0.542. The lowest BCUT2D eigenvalue weighted by Gasteiger charge is -2.22. The molecule has 1 N–H and O–H groups in total. The molecule has 1 heterocycles. The smallest absolute Gasteiger partial charge is 0.407 e. The van der Waals surface area contributed by atoms with E-state index in [1.165, 1.54) is 0 Å². The van der Waals surface area contributed by atoms with Crippen LogP contribution in [-0.4, -0.2) is 35.1 Å². The van der Waals surface area contributed by atoms with Crippen LogP contribution in [0, 0.1) is 5.92 Å². The molecule has 0 aliphatic carbocycles. The van der Waals surface area contributed by atoms with Gasteiger partial charge < -0.3 is 15.0 Å². The number of rotatable bonds is 3. The molecule has 0 aromatic heterocycles. The summed E-state index contributed by atoms with van der Waals surface area (Å²) in [6.07, 6.45) is -0.473. The van der Waals surface area contributed by atoms with Crippen molar-refractivity contribution in [1.29, 1.82) is 0 Å². The van der Waals surface area contributed by atoms with Gasteiger partial charge in [-0.25, -0.2) is 4.79 Å². The highest BCUT2D eigenvalue weighted by Gasteiger charge is 2.38. The van der Waals surface area contributed by atoms with Gasteiger partial charge in [0.2, 0.25) is 5.91 Å². The molecule has 0 saturated carbocycles. The second-order valence-electron chi connectivity index (χ2n) is 6.75. The molecule has 5 heteroatoms. The number of amides is 2. The number of likely N-dealkylation sites (tertiary alicyclic amines) is 1. The van der Waals surface area contributed by atoms with Crippen molar-refractivity contribution < 1.29 is 14.3 Å². The zero-order valence-corrected chi connectivity index (χ0v) is 13.6. The van der Waals surface area contributed by atoms with Gasteiger partial charge in [0.05, 0.1) is 12.0 Å². The van der Waals surface area contributed by atoms with E-state index in [0.29, 0.717) is 13.1 Å². The summed E-state index contributed by atoms with van der Waals surface area (Å²) in [6, 6.07) is 9.63. The topological polar surface area (TPSA) is 58.6 Å². The molecule has 1 aliphatic heterocycles. The third-order valence-corrected chi connectivity index (χ3v) is 3.64. The molecule has 1 aromatic carbocycles. The van der Waals surface area contributed by atoms with Crippen molar-refractivity contribution >= 4 is 12.0 Å². The van der Waals surface area contributed by atoms with Gasteiger partial charge in [0.15, 0.2) is 0 Å². The Bertz CT molecular complexity index is 537. The number of nitrogens with one attached hydrogen (secondary N) is 1. The molecular weight excluding hydrogens is 280 g/mol. The fourth-order valence-corrected chi connectivity index (χ4v) is 2.52. The fraction of sp³-hybridized carbons (Fsp3) is 0.529. The molecule has 0 bridgehead atoms. The molecule has 1 fully saturated rings. The van der Waals surface area contributed by atoms with Crippen molar-refractivity contribution in [3.63, 3.8) is 0 Å². The quantitative estimate of drug-likeness (QED) is 0.933. The zero-order chi connectivity index (χ0) is 16.3. The Balaban J connectivity index is 1.95. The molecule has 22 heavy (non-hydrogen) atoms. The molecule has 2 amide bonds. The van der Waals surface area contributed by atoms with Gasteiger partial charge in [0.25, 0.3) is 0 Å². The van der Waals surface area contributed by atoms with Crippen LogP contribution < -0.4 is 5.32 Å². The maximum Gasteiger partial charge on any atom is 0.407 e. The Hall–Kier alpha value is -2.04. The maximum absolute atomic E-state index is 12.3. The number of carbonyl (C=O) groups is 2. The largest absolute Gasteiger partial charge is 0.444 e. The van der Waals surface area contributed by atoms with Crippen LogP contribution in [0.2, 0.25) is 0 Å². The minimum absolute atomic E-state index is 0.0601. The molecule has 1 saturated heterocycles. The van der Waals surface area contributed by atoms with E-state index in [9.17, 15) is 9.59 Å². The second-order valence-corrected chi connectivity index (χ2v) is 6.75. The van der Waals surface area contributed by atoms with Crippen molar-refractivity contribution in [3.8, 4) is 0 Å². The number of benzene rings is 1. The van der Waals surface area contributed by atoms with Crippen LogP contribution in [-0.2, 0) is 16.1 Å². The lowest BCUT2D eigenvalue weighted by Crippen LogP contribution is -2.42. The number of hydrogen-bond acceptors (Lipinski definition) is 3. The summed E-state index contributed by atoms with van der Waals surface area (Å²) in [7, 11) is 0. The van der Waals surface area contributed by atoms with Crippen LogP contribution in [0.4, 0.5) is 4.79 Å². The second kappa shape index (κ2) is 6.38. The Kier molecular flexibility index (Phi) is 4.74. The highest BCUT2D eigenvalue weighted by Crippen LogP contribution is 2.21. The highest BCUT2D eigenvalue weighted by molar-refractivity contribution is 5.83. The van der Waals surface area contributed by atoms with Gasteiger partial charge in [-0.3, -0.25) is 4.79 Å². The number of carbonyl (C=O) groups excluding carboxylic acids is 2. The van der Waals surface area contributed by atoms with Crippen LogP contribution in [0.15, 0.2) is 30.3 Å². The Morgan fingerprint density at radius 1 is 1.32 bits per heavy atom. The van der Waals surface area contributed by atoms with Crippen molar-refractivity contribution in [2.24, 2.45) is 5.92 Å². The number of hydrogen-bond donors (Lipinski definition) is 1. The minimum atomic E-state index is -0.542. The summed E-state index contributed by atoms with van der Waals surface area (Å²) in [5, 5.41) is 2.81. The normalized spacial score (nSPS) is 21.8. The van der Waals surface area contributed by atoms with Crippen molar-refractivity contribution in [3.05, 3.63) is 35.9 Å². The first-order valence-electron chi connectivity index (χ1n) is 7.58. The van der Waals surface area contributed by atoms with E-state index in [4.69, 9.17) is 4.74 Å². The molecular formula is C17H24N2O3. The van der Waals surface area contributed by atoms with Gasteiger partial charge in [-0.1, -0.05) is 37.3 Å². The maximum atomic E-state index is 12.3. The van der Waals surface area contributed by atoms with Gasteiger partial charge in [0.1, 0.15) is 5.60 Å². The average molecular weight is 304 g/mol. The van der Waals surface area contributed by atoms with E-state index in [1.807, 2.05) is 58.0 Å². The van der Waals surface area contributed by atoms with Crippen LogP contribution in [0.3, 0.4) is 0 Å². The summed E-state index contributed by atoms with van der Waals surface area (Å²) >= 11 is 0. The lowest BCUT2D eigenvalue weighted by atomic mass is 10.1. The van der Waals surface area contributed by atoms with Crippen molar-refractivity contribution in [1.82, 2.24) is 10.2 Å². The molecule has 0 radical (unpaired) electrons. The number of nitrogens with zero attached hydrogens (tertiary/aromatic N) is 1. The molecule has 1 aromatic rings. The Morgan fingerprint density at radius 2 is 1.95 bits per heavy atom. The number of alkyl carbamates (subject to hydrolysis) is 1. The van der Waals surface area contributed by atoms with E-state index < -0.39 is 11.7 Å². The summed E-state index contributed by atoms with van der Waals surface area (Å²) in [6.45, 7) is 8.37. The molecule has 2 rings (SSSR count). The lowest BCUT2D eigenvalue weighted by molar-refractivity contribution is -0.131. The van der Waals surface area contributed by atoms with Gasteiger partial charge in [0, 0.05) is 13.1 Å². The highest BCUT2D eigenvalue weighted by atomic mass is 16.6. The summed E-state index contributed by atoms with van der Waals surface area (Å²) in [4.78, 5) is 26.0. The van der Waals surface area contributed by atoms with Crippen LogP contribution in [0.1, 0.15) is 33.3 Å². The van der Waals surface area contributed by atoms with E-state index >= 15 is 0 Å². The fourth-order valence-electron chi connectivity index (χ4n) is 2.52. The van der Waals surface area contributed by atoms with Gasteiger partial charge in [-0.15, -0.1) is 0 Å². The predicted molar refractivity (Wildman–Crippen MR) is 84.2 cm³/mol. The number of ether oxygens (including phenoxy) is 1. The molecule has 1 aliphatic rings. The zero-order valence-electron chi connectivity index (χ0n) is 13.6. The first-order chi connectivity index (χ1) is 10.3. The van der Waals surface area contributed by atoms with Crippen molar-refractivity contribution in [2.75, 3.05) is 6.54 Å². The monoisotopic (exact) mass is 304 g/mol. The van der Waals surface area contributed by atoms with Crippen LogP contribution in [0.25, 0.3) is 0 Å². The van der Waals surface area contributed by atoms with Gasteiger partial charge in [-0.05, 0) is 26.3 Å². The van der Waals surface area contributed by atoms with Crippen molar-refractivity contribution in [2.45, 2.75) is 45.9 Å².